The van der Waals surface area contributed by atoms with Gasteiger partial charge >= 0.3 is 18.2 Å². The Labute approximate surface area is 255 Å². The summed E-state index contributed by atoms with van der Waals surface area (Å²) in [5.41, 5.74) is 3.40. The summed E-state index contributed by atoms with van der Waals surface area (Å²) in [5.74, 6) is -0.801. The lowest BCUT2D eigenvalue weighted by atomic mass is 10.00. The number of pyridine rings is 2. The van der Waals surface area contributed by atoms with Crippen molar-refractivity contribution in [1.29, 1.82) is 0 Å². The Morgan fingerprint density at radius 3 is 2.49 bits per heavy atom. The van der Waals surface area contributed by atoms with E-state index in [1.807, 2.05) is 30.3 Å². The number of cyclic esters (lactones) is 1. The number of aromatic nitrogens is 2. The van der Waals surface area contributed by atoms with Gasteiger partial charge in [-0.05, 0) is 35.9 Å². The molecule has 0 saturated heterocycles. The zero-order valence-electron chi connectivity index (χ0n) is 24.3. The van der Waals surface area contributed by atoms with Crippen LogP contribution in [0.1, 0.15) is 28.4 Å². The summed E-state index contributed by atoms with van der Waals surface area (Å²) in [6, 6.07) is 16.9. The molecule has 2 aliphatic heterocycles. The van der Waals surface area contributed by atoms with Gasteiger partial charge in [-0.25, -0.2) is 19.4 Å². The summed E-state index contributed by atoms with van der Waals surface area (Å²) in [7, 11) is 2.92. The highest BCUT2D eigenvalue weighted by Gasteiger charge is 2.38. The average Bonchev–Trinajstić information content (AvgIpc) is 3.40. The van der Waals surface area contributed by atoms with Gasteiger partial charge in [-0.15, -0.1) is 0 Å². The average molecular weight is 614 g/mol. The number of amides is 2. The Morgan fingerprint density at radius 2 is 1.76 bits per heavy atom. The monoisotopic (exact) mass is 613 g/mol. The summed E-state index contributed by atoms with van der Waals surface area (Å²) in [4.78, 5) is 69.2. The van der Waals surface area contributed by atoms with Crippen LogP contribution in [0.5, 0.6) is 0 Å². The number of esters is 1. The second-order valence-corrected chi connectivity index (χ2v) is 10.7. The molecule has 0 N–H and O–H groups in total. The molecule has 0 spiro atoms. The second kappa shape index (κ2) is 11.7. The van der Waals surface area contributed by atoms with Crippen LogP contribution in [0.2, 0.25) is 0 Å². The van der Waals surface area contributed by atoms with Crippen LogP contribution in [0.25, 0.3) is 22.3 Å². The molecule has 2 aliphatic rings. The van der Waals surface area contributed by atoms with Gasteiger partial charge in [0.2, 0.25) is 6.10 Å². The van der Waals surface area contributed by atoms with Gasteiger partial charge in [0.1, 0.15) is 13.2 Å². The van der Waals surface area contributed by atoms with Crippen LogP contribution in [0.3, 0.4) is 0 Å². The minimum Gasteiger partial charge on any atom is -0.458 e. The summed E-state index contributed by atoms with van der Waals surface area (Å²) in [6.45, 7) is 0.0902. The number of non-ortho nitro benzene ring substituents is 1. The topological polar surface area (TPSA) is 163 Å². The van der Waals surface area contributed by atoms with Gasteiger partial charge in [-0.1, -0.05) is 18.2 Å². The molecule has 0 unspecified atom stereocenters. The molecule has 14 heteroatoms. The van der Waals surface area contributed by atoms with E-state index in [1.165, 1.54) is 48.2 Å². The Kier molecular flexibility index (Phi) is 7.62. The van der Waals surface area contributed by atoms with Gasteiger partial charge in [0, 0.05) is 55.8 Å². The van der Waals surface area contributed by atoms with Crippen LogP contribution in [0.15, 0.2) is 65.5 Å². The van der Waals surface area contributed by atoms with Crippen molar-refractivity contribution in [2.24, 2.45) is 0 Å². The lowest BCUT2D eigenvalue weighted by Gasteiger charge is -2.27. The van der Waals surface area contributed by atoms with Gasteiger partial charge < -0.3 is 28.6 Å². The molecule has 230 valence electrons. The molecule has 6 rings (SSSR count). The van der Waals surface area contributed by atoms with Crippen molar-refractivity contribution < 1.29 is 33.5 Å². The van der Waals surface area contributed by atoms with Crippen molar-refractivity contribution in [3.8, 4) is 11.4 Å². The molecule has 1 atom stereocenters. The van der Waals surface area contributed by atoms with Crippen LogP contribution in [0.4, 0.5) is 15.3 Å². The van der Waals surface area contributed by atoms with Crippen molar-refractivity contribution in [3.63, 3.8) is 0 Å². The highest BCUT2D eigenvalue weighted by atomic mass is 16.6. The lowest BCUT2D eigenvalue weighted by molar-refractivity contribution is -0.384. The summed E-state index contributed by atoms with van der Waals surface area (Å²) in [6.07, 6.45) is -2.99. The highest BCUT2D eigenvalue weighted by molar-refractivity contribution is 5.85. The number of benzene rings is 2. The SMILES string of the molecule is CN(CCN(C)C(=O)O[C@@H]1C(=O)OCc2c1cc1n(c2=O)Cc2cc3ccccc3nc2-1)C(=O)OCc1ccc([N+](=O)[O-])cc1. The predicted octanol–water partition coefficient (Wildman–Crippen LogP) is 3.77. The number of ether oxygens (including phenoxy) is 3. The first-order chi connectivity index (χ1) is 21.6. The number of nitro benzene ring substituents is 1. The van der Waals surface area contributed by atoms with Crippen molar-refractivity contribution in [1.82, 2.24) is 19.4 Å². The third-order valence-corrected chi connectivity index (χ3v) is 7.79. The molecule has 14 nitrogen and oxygen atoms in total. The molecule has 4 heterocycles. The molecular formula is C31H27N5O9. The molecule has 0 bridgehead atoms. The number of carbonyl (C=O) groups excluding carboxylic acids is 3. The smallest absolute Gasteiger partial charge is 0.410 e. The number of nitrogens with zero attached hydrogens (tertiary/aromatic N) is 5. The van der Waals surface area contributed by atoms with E-state index < -0.39 is 29.2 Å². The summed E-state index contributed by atoms with van der Waals surface area (Å²) >= 11 is 0. The molecule has 0 saturated carbocycles. The Bertz CT molecular complexity index is 1920. The number of likely N-dealkylation sites (N-methyl/N-ethyl adjacent to an activating group) is 2. The third-order valence-electron chi connectivity index (χ3n) is 7.79. The fourth-order valence-electron chi connectivity index (χ4n) is 5.21. The van der Waals surface area contributed by atoms with Crippen molar-refractivity contribution >= 4 is 34.7 Å². The first-order valence-corrected chi connectivity index (χ1v) is 14.0. The van der Waals surface area contributed by atoms with E-state index in [-0.39, 0.29) is 48.7 Å². The highest BCUT2D eigenvalue weighted by Crippen LogP contribution is 2.36. The van der Waals surface area contributed by atoms with E-state index in [1.54, 1.807) is 10.6 Å². The van der Waals surface area contributed by atoms with Crippen LogP contribution in [-0.2, 0) is 38.8 Å². The van der Waals surface area contributed by atoms with Crippen molar-refractivity contribution in [3.05, 3.63) is 103 Å². The van der Waals surface area contributed by atoms with Crippen molar-refractivity contribution in [2.45, 2.75) is 25.9 Å². The maximum Gasteiger partial charge on any atom is 0.410 e. The van der Waals surface area contributed by atoms with Crippen LogP contribution in [-0.4, -0.2) is 69.6 Å². The van der Waals surface area contributed by atoms with Crippen LogP contribution >= 0.6 is 0 Å². The van der Waals surface area contributed by atoms with Crippen LogP contribution in [0, 0.1) is 10.1 Å². The first-order valence-electron chi connectivity index (χ1n) is 14.0. The number of rotatable bonds is 7. The minimum absolute atomic E-state index is 0.0355. The second-order valence-electron chi connectivity index (χ2n) is 10.7. The van der Waals surface area contributed by atoms with E-state index in [2.05, 4.69) is 0 Å². The molecule has 0 aliphatic carbocycles. The molecule has 0 radical (unpaired) electrons. The van der Waals surface area contributed by atoms with E-state index in [0.717, 1.165) is 16.5 Å². The maximum absolute atomic E-state index is 13.5. The Balaban J connectivity index is 1.11. The van der Waals surface area contributed by atoms with Gasteiger partial charge in [0.05, 0.1) is 33.9 Å². The predicted molar refractivity (Wildman–Crippen MR) is 158 cm³/mol. The van der Waals surface area contributed by atoms with E-state index in [9.17, 15) is 29.3 Å². The fourth-order valence-corrected chi connectivity index (χ4v) is 5.21. The number of para-hydroxylation sites is 1. The van der Waals surface area contributed by atoms with Gasteiger partial charge in [0.25, 0.3) is 11.2 Å². The van der Waals surface area contributed by atoms with E-state index >= 15 is 0 Å². The molecule has 2 aromatic heterocycles. The maximum atomic E-state index is 13.5. The van der Waals surface area contributed by atoms with E-state index in [4.69, 9.17) is 19.2 Å². The molecule has 2 amide bonds. The fraction of sp³-hybridized carbons (Fsp3) is 0.258. The number of hydrogen-bond donors (Lipinski definition) is 0. The minimum atomic E-state index is -1.46. The van der Waals surface area contributed by atoms with Crippen molar-refractivity contribution in [2.75, 3.05) is 27.2 Å². The molecule has 2 aromatic carbocycles. The number of nitro groups is 1. The summed E-state index contributed by atoms with van der Waals surface area (Å²) < 4.78 is 17.6. The number of fused-ring (bicyclic) bond motifs is 5. The summed E-state index contributed by atoms with van der Waals surface area (Å²) in [5, 5.41) is 11.7. The Morgan fingerprint density at radius 1 is 1.04 bits per heavy atom. The lowest BCUT2D eigenvalue weighted by Crippen LogP contribution is -2.40. The third kappa shape index (κ3) is 5.64. The van der Waals surface area contributed by atoms with Gasteiger partial charge in [-0.2, -0.15) is 0 Å². The standard InChI is InChI=1S/C31H27N5O9/c1-33(30(39)44-16-18-7-9-21(10-8-18)36(41)42)11-12-34(2)31(40)45-27-22-14-25-26-20(13-19-5-3-4-6-24(19)32-26)15-35(25)28(37)23(22)17-43-29(27)38/h3-10,13-14,27H,11-12,15-17H2,1-2H3/t27-/m0/s1. The van der Waals surface area contributed by atoms with Gasteiger partial charge in [-0.3, -0.25) is 14.9 Å². The molecule has 0 fully saturated rings. The molecule has 45 heavy (non-hydrogen) atoms. The quantitative estimate of drug-likeness (QED) is 0.114. The number of hydrogen-bond acceptors (Lipinski definition) is 10. The first kappa shape index (κ1) is 29.3. The van der Waals surface area contributed by atoms with Crippen LogP contribution < -0.4 is 5.56 Å². The molecular weight excluding hydrogens is 586 g/mol. The normalized spacial score (nSPS) is 14.5. The van der Waals surface area contributed by atoms with Gasteiger partial charge in [0.15, 0.2) is 0 Å². The zero-order chi connectivity index (χ0) is 31.8. The zero-order valence-corrected chi connectivity index (χ0v) is 24.3. The largest absolute Gasteiger partial charge is 0.458 e. The molecule has 4 aromatic rings. The number of carbonyl (C=O) groups is 3. The van der Waals surface area contributed by atoms with E-state index in [0.29, 0.717) is 23.5 Å². The Hall–Kier alpha value is -5.79.